The van der Waals surface area contributed by atoms with Crippen LogP contribution in [-0.4, -0.2) is 31.3 Å². The van der Waals surface area contributed by atoms with E-state index >= 15 is 0 Å². The summed E-state index contributed by atoms with van der Waals surface area (Å²) in [5.41, 5.74) is 2.35. The molecule has 0 radical (unpaired) electrons. The molecule has 0 aromatic heterocycles. The predicted octanol–water partition coefficient (Wildman–Crippen LogP) is 4.06. The number of methoxy groups -OCH3 is 2. The molecule has 2 rings (SSSR count). The zero-order chi connectivity index (χ0) is 20.5. The third-order valence-corrected chi connectivity index (χ3v) is 5.89. The smallest absolute Gasteiger partial charge is 0.341 e. The highest BCUT2D eigenvalue weighted by atomic mass is 32.2. The van der Waals surface area contributed by atoms with Crippen LogP contribution in [0.5, 0.6) is 5.75 Å². The molecule has 0 spiro atoms. The molecule has 0 aliphatic heterocycles. The Morgan fingerprint density at radius 2 is 1.75 bits per heavy atom. The molecule has 28 heavy (non-hydrogen) atoms. The summed E-state index contributed by atoms with van der Waals surface area (Å²) in [6.45, 7) is 4.43. The summed E-state index contributed by atoms with van der Waals surface area (Å²) in [6.07, 6.45) is 0. The number of esters is 1. The Labute approximate surface area is 170 Å². The van der Waals surface area contributed by atoms with Crippen molar-refractivity contribution in [2.75, 3.05) is 14.2 Å². The highest BCUT2D eigenvalue weighted by molar-refractivity contribution is 7.99. The van der Waals surface area contributed by atoms with Crippen LogP contribution in [-0.2, 0) is 21.8 Å². The number of thioether (sulfide) groups is 1. The van der Waals surface area contributed by atoms with Gasteiger partial charge in [0.15, 0.2) is 0 Å². The van der Waals surface area contributed by atoms with E-state index in [-0.39, 0.29) is 17.1 Å². The van der Waals surface area contributed by atoms with Crippen molar-refractivity contribution in [2.45, 2.75) is 31.4 Å². The van der Waals surface area contributed by atoms with Gasteiger partial charge in [-0.25, -0.2) is 4.79 Å². The Balaban J connectivity index is 2.01. The Hall–Kier alpha value is -2.47. The van der Waals surface area contributed by atoms with Gasteiger partial charge in [0.1, 0.15) is 11.3 Å². The number of hydrogen-bond donors (Lipinski definition) is 1. The average molecular weight is 402 g/mol. The van der Waals surface area contributed by atoms with Crippen molar-refractivity contribution in [2.24, 2.45) is 5.92 Å². The fraction of sp³-hybridized carbons (Fsp3) is 0.364. The van der Waals surface area contributed by atoms with Gasteiger partial charge >= 0.3 is 5.97 Å². The standard InChI is InChI=1S/C22H27NO4S/c1-15(2)20(28-14-16-8-6-5-7-9-16)21(24)23-13-17-10-11-19(26-3)18(12-17)22(25)27-4/h5-12,15,20H,13-14H2,1-4H3,(H,23,24). The van der Waals surface area contributed by atoms with Crippen molar-refractivity contribution >= 4 is 23.6 Å². The molecule has 150 valence electrons. The predicted molar refractivity (Wildman–Crippen MR) is 113 cm³/mol. The normalized spacial score (nSPS) is 11.8. The van der Waals surface area contributed by atoms with E-state index in [9.17, 15) is 9.59 Å². The van der Waals surface area contributed by atoms with Crippen molar-refractivity contribution in [1.29, 1.82) is 0 Å². The van der Waals surface area contributed by atoms with Crippen LogP contribution >= 0.6 is 11.8 Å². The first-order valence-corrected chi connectivity index (χ1v) is 10.2. The molecular formula is C22H27NO4S. The van der Waals surface area contributed by atoms with Gasteiger partial charge in [-0.2, -0.15) is 0 Å². The first-order chi connectivity index (χ1) is 13.5. The van der Waals surface area contributed by atoms with Gasteiger partial charge in [0.25, 0.3) is 0 Å². The molecule has 2 aromatic rings. The topological polar surface area (TPSA) is 64.6 Å². The van der Waals surface area contributed by atoms with Gasteiger partial charge in [0, 0.05) is 12.3 Å². The summed E-state index contributed by atoms with van der Waals surface area (Å²) in [5, 5.41) is 2.83. The Morgan fingerprint density at radius 3 is 2.36 bits per heavy atom. The fourth-order valence-electron chi connectivity index (χ4n) is 2.76. The van der Waals surface area contributed by atoms with Crippen LogP contribution in [0.25, 0.3) is 0 Å². The van der Waals surface area contributed by atoms with Crippen LogP contribution < -0.4 is 10.1 Å². The van der Waals surface area contributed by atoms with Crippen molar-refractivity contribution in [3.63, 3.8) is 0 Å². The third kappa shape index (κ3) is 6.02. The molecule has 0 heterocycles. The molecular weight excluding hydrogens is 374 g/mol. The van der Waals surface area contributed by atoms with Crippen molar-refractivity contribution in [1.82, 2.24) is 5.32 Å². The van der Waals surface area contributed by atoms with Gasteiger partial charge in [-0.1, -0.05) is 50.2 Å². The number of rotatable bonds is 9. The lowest BCUT2D eigenvalue weighted by Gasteiger charge is -2.20. The molecule has 1 unspecified atom stereocenters. The highest BCUT2D eigenvalue weighted by Crippen LogP contribution is 2.25. The van der Waals surface area contributed by atoms with Gasteiger partial charge in [-0.3, -0.25) is 4.79 Å². The monoisotopic (exact) mass is 401 g/mol. The highest BCUT2D eigenvalue weighted by Gasteiger charge is 2.23. The molecule has 2 aromatic carbocycles. The van der Waals surface area contributed by atoms with Gasteiger partial charge in [-0.15, -0.1) is 11.8 Å². The largest absolute Gasteiger partial charge is 0.496 e. The molecule has 1 N–H and O–H groups in total. The first-order valence-electron chi connectivity index (χ1n) is 9.14. The molecule has 0 saturated heterocycles. The van der Waals surface area contributed by atoms with Gasteiger partial charge in [0.2, 0.25) is 5.91 Å². The second kappa shape index (κ2) is 10.8. The lowest BCUT2D eigenvalue weighted by Crippen LogP contribution is -2.35. The number of ether oxygens (including phenoxy) is 2. The average Bonchev–Trinajstić information content (AvgIpc) is 2.72. The third-order valence-electron chi connectivity index (χ3n) is 4.27. The fourth-order valence-corrected chi connectivity index (χ4v) is 3.94. The lowest BCUT2D eigenvalue weighted by atomic mass is 10.1. The van der Waals surface area contributed by atoms with Gasteiger partial charge in [-0.05, 0) is 29.2 Å². The van der Waals surface area contributed by atoms with Crippen LogP contribution in [0, 0.1) is 5.92 Å². The maximum atomic E-state index is 12.7. The molecule has 0 bridgehead atoms. The molecule has 5 nitrogen and oxygen atoms in total. The van der Waals surface area contributed by atoms with Crippen LogP contribution in [0.15, 0.2) is 48.5 Å². The summed E-state index contributed by atoms with van der Waals surface area (Å²) in [4.78, 5) is 24.6. The van der Waals surface area contributed by atoms with Crippen LogP contribution in [0.2, 0.25) is 0 Å². The SMILES string of the molecule is COC(=O)c1cc(CNC(=O)C(SCc2ccccc2)C(C)C)ccc1OC. The molecule has 0 saturated carbocycles. The second-order valence-electron chi connectivity index (χ2n) is 6.71. The molecule has 6 heteroatoms. The molecule has 0 aliphatic carbocycles. The number of amides is 1. The van der Waals surface area contributed by atoms with E-state index in [4.69, 9.17) is 9.47 Å². The van der Waals surface area contributed by atoms with Crippen molar-refractivity contribution in [3.05, 3.63) is 65.2 Å². The Kier molecular flexibility index (Phi) is 8.39. The van der Waals surface area contributed by atoms with Crippen LogP contribution in [0.3, 0.4) is 0 Å². The minimum absolute atomic E-state index is 0.00799. The van der Waals surface area contributed by atoms with Crippen molar-refractivity contribution < 1.29 is 19.1 Å². The molecule has 0 fully saturated rings. The zero-order valence-corrected chi connectivity index (χ0v) is 17.5. The maximum Gasteiger partial charge on any atom is 0.341 e. The Morgan fingerprint density at radius 1 is 1.04 bits per heavy atom. The summed E-state index contributed by atoms with van der Waals surface area (Å²) >= 11 is 1.64. The summed E-state index contributed by atoms with van der Waals surface area (Å²) in [7, 11) is 2.83. The van der Waals surface area contributed by atoms with Crippen LogP contribution in [0.1, 0.15) is 35.3 Å². The number of carbonyl (C=O) groups excluding carboxylic acids is 2. The number of carbonyl (C=O) groups is 2. The van der Waals surface area contributed by atoms with E-state index in [2.05, 4.69) is 17.4 Å². The number of nitrogens with one attached hydrogen (secondary N) is 1. The van der Waals surface area contributed by atoms with E-state index in [0.29, 0.717) is 17.9 Å². The number of hydrogen-bond acceptors (Lipinski definition) is 5. The molecule has 0 aliphatic rings. The number of benzene rings is 2. The summed E-state index contributed by atoms with van der Waals surface area (Å²) < 4.78 is 9.99. The first kappa shape index (κ1) is 21.8. The van der Waals surface area contributed by atoms with Crippen molar-refractivity contribution in [3.8, 4) is 5.75 Å². The van der Waals surface area contributed by atoms with Gasteiger partial charge in [0.05, 0.1) is 19.5 Å². The molecule has 1 atom stereocenters. The minimum atomic E-state index is -0.469. The molecule has 1 amide bonds. The summed E-state index contributed by atoms with van der Waals surface area (Å²) in [5.74, 6) is 0.956. The minimum Gasteiger partial charge on any atom is -0.496 e. The second-order valence-corrected chi connectivity index (χ2v) is 7.84. The van der Waals surface area contributed by atoms with E-state index in [1.165, 1.54) is 19.8 Å². The van der Waals surface area contributed by atoms with Crippen LogP contribution in [0.4, 0.5) is 0 Å². The van der Waals surface area contributed by atoms with E-state index in [1.807, 2.05) is 38.1 Å². The zero-order valence-electron chi connectivity index (χ0n) is 16.7. The van der Waals surface area contributed by atoms with E-state index < -0.39 is 5.97 Å². The Bertz CT molecular complexity index is 792. The van der Waals surface area contributed by atoms with E-state index in [1.54, 1.807) is 23.9 Å². The maximum absolute atomic E-state index is 12.7. The van der Waals surface area contributed by atoms with E-state index in [0.717, 1.165) is 11.3 Å². The summed E-state index contributed by atoms with van der Waals surface area (Å²) in [6, 6.07) is 15.3. The van der Waals surface area contributed by atoms with Gasteiger partial charge < -0.3 is 14.8 Å². The lowest BCUT2D eigenvalue weighted by molar-refractivity contribution is -0.121. The quantitative estimate of drug-likeness (QED) is 0.642.